The summed E-state index contributed by atoms with van der Waals surface area (Å²) in [5.74, 6) is -19.0. The number of carbonyl (C=O) groups is 1. The zero-order chi connectivity index (χ0) is 92.2. The molecule has 9 aliphatic heterocycles. The van der Waals surface area contributed by atoms with Crippen molar-refractivity contribution in [1.82, 2.24) is 38.9 Å². The molecule has 39 nitrogen and oxygen atoms in total. The molecule has 8 N–H and O–H groups in total. The molecule has 0 spiro atoms. The van der Waals surface area contributed by atoms with Gasteiger partial charge in [-0.2, -0.15) is 17.6 Å². The molecule has 12 heterocycles. The minimum atomic E-state index is -4.71. The number of alkyl halides is 4. The monoisotopic (exact) mass is 1790 g/mol. The average Bonchev–Trinajstić information content (AvgIpc) is 1.57. The number of ether oxygens (including phenoxy) is 4. The van der Waals surface area contributed by atoms with Crippen molar-refractivity contribution >= 4 is 37.2 Å². The Morgan fingerprint density at radius 3 is 1.18 bits per heavy atom. The number of aliphatic hydroxyl groups is 4. The van der Waals surface area contributed by atoms with Gasteiger partial charge in [0.15, 0.2) is 24.9 Å². The number of para-hydroxylation sites is 4. The topological polar surface area (TPSA) is 494 Å². The number of hydrogen-bond acceptors (Lipinski definition) is 32. The third kappa shape index (κ3) is 19.4. The van der Waals surface area contributed by atoms with Gasteiger partial charge >= 0.3 is 48.4 Å². The van der Waals surface area contributed by atoms with Gasteiger partial charge in [-0.25, -0.2) is 50.2 Å². The minimum absolute atomic E-state index is 0.0776. The molecule has 4 fully saturated rings. The molecule has 120 heavy (non-hydrogen) atoms. The third-order valence-electron chi connectivity index (χ3n) is 18.1. The van der Waals surface area contributed by atoms with E-state index in [9.17, 15) is 89.8 Å². The van der Waals surface area contributed by atoms with Crippen molar-refractivity contribution in [2.24, 2.45) is 0 Å². The van der Waals surface area contributed by atoms with Gasteiger partial charge in [0.05, 0.1) is 53.2 Å². The van der Waals surface area contributed by atoms with Gasteiger partial charge in [0.1, 0.15) is 79.6 Å². The molecular formula is C69H70F8N8O31P4. The van der Waals surface area contributed by atoms with E-state index >= 15 is 17.6 Å². The molecule has 0 saturated carbocycles. The van der Waals surface area contributed by atoms with Crippen LogP contribution in [0.1, 0.15) is 97.1 Å². The van der Waals surface area contributed by atoms with E-state index in [0.717, 1.165) is 0 Å². The van der Waals surface area contributed by atoms with Gasteiger partial charge < -0.3 is 67.7 Å². The molecular weight excluding hydrogens is 1710 g/mol. The van der Waals surface area contributed by atoms with Gasteiger partial charge in [-0.3, -0.25) is 84.0 Å². The molecule has 3 aromatic heterocycles. The van der Waals surface area contributed by atoms with Crippen LogP contribution in [0.2, 0.25) is 0 Å². The van der Waals surface area contributed by atoms with Gasteiger partial charge in [0.2, 0.25) is 46.7 Å². The Labute approximate surface area is 676 Å². The Kier molecular flexibility index (Phi) is 22.8. The van der Waals surface area contributed by atoms with Crippen LogP contribution >= 0.6 is 31.3 Å². The second-order valence-corrected chi connectivity index (χ2v) is 33.4. The fourth-order valence-corrected chi connectivity index (χ4v) is 17.3. The molecule has 0 radical (unpaired) electrons. The number of aromatic amines is 3. The number of hydrogen-bond donors (Lipinski definition) is 8. The molecule has 51 heteroatoms. The van der Waals surface area contributed by atoms with Gasteiger partial charge in [-0.15, -0.1) is 0 Å². The molecule has 4 saturated heterocycles. The van der Waals surface area contributed by atoms with E-state index in [0.29, 0.717) is 89.1 Å². The first-order valence-corrected chi connectivity index (χ1v) is 40.7. The van der Waals surface area contributed by atoms with Crippen LogP contribution in [0.3, 0.4) is 0 Å². The summed E-state index contributed by atoms with van der Waals surface area (Å²) in [4.78, 5) is 86.0. The van der Waals surface area contributed by atoms with E-state index in [1.165, 1.54) is 0 Å². The highest BCUT2D eigenvalue weighted by Gasteiger charge is 2.56. The van der Waals surface area contributed by atoms with Crippen molar-refractivity contribution in [2.45, 2.75) is 153 Å². The van der Waals surface area contributed by atoms with Gasteiger partial charge in [0, 0.05) is 54.1 Å². The van der Waals surface area contributed by atoms with E-state index in [4.69, 9.17) is 81.5 Å². The van der Waals surface area contributed by atoms with E-state index in [1.54, 1.807) is 115 Å². The molecule has 7 aromatic rings. The van der Waals surface area contributed by atoms with Crippen LogP contribution in [0, 0.1) is 45.1 Å². The predicted octanol–water partition coefficient (Wildman–Crippen LogP) is 7.51. The lowest BCUT2D eigenvalue weighted by molar-refractivity contribution is -0.184. The Hall–Kier alpha value is -9.41. The molecule has 4 aromatic carbocycles. The van der Waals surface area contributed by atoms with Crippen molar-refractivity contribution in [3.05, 3.63) is 240 Å². The van der Waals surface area contributed by atoms with Crippen LogP contribution in [0.4, 0.5) is 35.1 Å². The van der Waals surface area contributed by atoms with Crippen molar-refractivity contribution in [1.29, 1.82) is 0 Å². The van der Waals surface area contributed by atoms with E-state index in [2.05, 4.69) is 6.58 Å². The van der Waals surface area contributed by atoms with Gasteiger partial charge in [-0.1, -0.05) is 79.4 Å². The van der Waals surface area contributed by atoms with Crippen LogP contribution in [-0.4, -0.2) is 140 Å². The van der Waals surface area contributed by atoms with E-state index in [1.807, 2.05) is 5.32 Å². The molecule has 0 aliphatic carbocycles. The highest BCUT2D eigenvalue weighted by Crippen LogP contribution is 2.61. The number of nitrogens with zero attached hydrogens (tertiary/aromatic N) is 4. The summed E-state index contributed by atoms with van der Waals surface area (Å²) in [6.45, 7) is 0.237. The van der Waals surface area contributed by atoms with Crippen LogP contribution in [0.25, 0.3) is 0 Å². The van der Waals surface area contributed by atoms with Crippen molar-refractivity contribution < 1.29 is 160 Å². The highest BCUT2D eigenvalue weighted by molar-refractivity contribution is 7.49. The standard InChI is InChI=1S/C18H19F2N2O7P.3C17H17F2N2O8P/c1-10-4-3-5-12-8-26-30(25,29-15(10)12)27-9-18(20)6-14(23)17(28-18)22-7-13(19)16(24)21-11(22)2;3*1-9-3-2-4-10-7-26-30(25,29-13(9)10)27-8-17(19)5-12(22)15(28-17)21-6-11(18)14(23)20-16(21)24/h3-5,7,14,17,23H,2,6,8-9H2,1H3,(H,21,24);3*2-4,6,12,15,22H,5,7-8H2,1H3,(H,20,23,24)/t14-,17-,18+,30?;3*12-,15-,17+,30?/m1111/s1/i9D2,17D;15D;8D2;. The average molecular weight is 1790 g/mol. The number of carbonyl (C=O) groups excluding carboxylic acids is 1. The number of aromatic nitrogens is 6. The first-order chi connectivity index (χ1) is 58.6. The second-order valence-electron chi connectivity index (χ2n) is 27.2. The lowest BCUT2D eigenvalue weighted by atomic mass is 10.1. The van der Waals surface area contributed by atoms with Crippen molar-refractivity contribution in [3.8, 4) is 23.0 Å². The van der Waals surface area contributed by atoms with Crippen molar-refractivity contribution in [3.63, 3.8) is 0 Å². The third-order valence-corrected chi connectivity index (χ3v) is 23.1. The number of halogens is 8. The van der Waals surface area contributed by atoms with Crippen molar-refractivity contribution in [2.75, 3.05) is 26.3 Å². The Morgan fingerprint density at radius 2 is 0.775 bits per heavy atom. The number of phosphoric acid groups is 4. The maximum atomic E-state index is 15.7. The van der Waals surface area contributed by atoms with E-state index < -0.39 is 225 Å². The summed E-state index contributed by atoms with van der Waals surface area (Å²) in [5, 5.41) is 42.8. The fourth-order valence-electron chi connectivity index (χ4n) is 12.3. The summed E-state index contributed by atoms with van der Waals surface area (Å²) in [6, 6.07) is 20.3. The smallest absolute Gasteiger partial charge is 0.403 e. The Bertz CT molecular complexity index is 6170. The van der Waals surface area contributed by atoms with Gasteiger partial charge in [0.25, 0.3) is 22.6 Å². The van der Waals surface area contributed by atoms with Crippen LogP contribution in [-0.2, 0) is 105 Å². The molecule has 16 rings (SSSR count). The summed E-state index contributed by atoms with van der Waals surface area (Å²) in [7, 11) is -17.8. The van der Waals surface area contributed by atoms with Crippen LogP contribution in [0.5, 0.6) is 23.0 Å². The summed E-state index contributed by atoms with van der Waals surface area (Å²) in [5.41, 5.74) is -2.88. The number of fused-ring (bicyclic) bond motifs is 4. The number of amides is 1. The molecule has 9 aliphatic rings. The number of benzene rings is 4. The molecule has 1 amide bonds. The fraction of sp³-hybridized carbons (Fsp3) is 0.406. The summed E-state index contributed by atoms with van der Waals surface area (Å²) in [6.07, 6.45) is -19.0. The van der Waals surface area contributed by atoms with Gasteiger partial charge in [-0.05, 0) is 49.9 Å². The molecule has 4 unspecified atom stereocenters. The quantitative estimate of drug-likeness (QED) is 0.0342. The first-order valence-electron chi connectivity index (χ1n) is 37.8. The number of phosphoric ester groups is 4. The first kappa shape index (κ1) is 80.3. The predicted molar refractivity (Wildman–Crippen MR) is 386 cm³/mol. The molecule has 0 bridgehead atoms. The number of nitrogens with one attached hydrogen (secondary N) is 4. The summed E-state index contributed by atoms with van der Waals surface area (Å²) < 4.78 is 298. The number of H-pyrrole nitrogens is 3. The van der Waals surface area contributed by atoms with E-state index in [-0.39, 0.29) is 48.2 Å². The number of aliphatic hydroxyl groups excluding tert-OH is 4. The SMILES string of the molecule is Cc1cccc2c1OP(=O)(OC[C@]1(F)C[C@@H](O)[C@H](n3cc(F)c(=O)[nH]c3=O)O1)OC2.[2H]C([2H])(OP1(=O)OCc2cccc(C)c2O1)[C@]1(F)C[C@@H](O)[C@H](n2cc(F)c(=O)[nH]c2=O)O1.[2H]C([2H])(OP1(=O)OCc2cccc(C)c2O1)[C@]1(F)C[C@@H](O)[C@]([2H])(N2C=C(F)C(=O)NC2=C)O1.[2H][C@@]1(n2cc(F)c(=O)[nH]c2=O)O[C@](F)(COP2(=O)OCc3cccc(C)c3O2)C[C@H]1O. The minimum Gasteiger partial charge on any atom is -0.403 e. The Balaban J connectivity index is 0.000000144. The molecule has 648 valence electrons. The number of aryl methyl sites for hydroxylation is 4. The highest BCUT2D eigenvalue weighted by atomic mass is 31.2. The zero-order valence-electron chi connectivity index (χ0n) is 67.9. The summed E-state index contributed by atoms with van der Waals surface area (Å²) >= 11 is 0. The number of rotatable bonds is 16. The maximum Gasteiger partial charge on any atom is 0.530 e. The van der Waals surface area contributed by atoms with Crippen LogP contribution in [0.15, 0.2) is 145 Å². The normalized spacial score (nSPS) is 33.6. The second kappa shape index (κ2) is 34.1. The lowest BCUT2D eigenvalue weighted by Gasteiger charge is -2.33. The zero-order valence-corrected chi connectivity index (χ0v) is 65.5. The van der Waals surface area contributed by atoms with Crippen LogP contribution < -0.4 is 57.2 Å². The lowest BCUT2D eigenvalue weighted by Crippen LogP contribution is -2.46. The Morgan fingerprint density at radius 1 is 0.467 bits per heavy atom. The maximum absolute atomic E-state index is 15.7. The molecule has 16 atom stereocenters. The largest absolute Gasteiger partial charge is 0.530 e.